The number of anilines is 1. The van der Waals surface area contributed by atoms with Crippen LogP contribution in [0.25, 0.3) is 5.69 Å². The van der Waals surface area contributed by atoms with E-state index in [2.05, 4.69) is 20.4 Å². The topological polar surface area (TPSA) is 106 Å². The minimum Gasteiger partial charge on any atom is -0.351 e. The molecule has 3 rings (SSSR count). The minimum absolute atomic E-state index is 0.453. The Kier molecular flexibility index (Phi) is 6.00. The number of carbonyl (C=O) groups excluding carboxylic acids is 2. The highest BCUT2D eigenvalue weighted by Crippen LogP contribution is 2.30. The van der Waals surface area contributed by atoms with Crippen LogP contribution in [0.3, 0.4) is 0 Å². The van der Waals surface area contributed by atoms with Crippen molar-refractivity contribution in [2.75, 3.05) is 18.0 Å². The molecular weight excluding hydrogens is 364 g/mol. The number of benzene rings is 1. The van der Waals surface area contributed by atoms with Crippen LogP contribution in [0.5, 0.6) is 0 Å². The van der Waals surface area contributed by atoms with Gasteiger partial charge in [-0.2, -0.15) is 0 Å². The van der Waals surface area contributed by atoms with Gasteiger partial charge < -0.3 is 10.6 Å². The Morgan fingerprint density at radius 1 is 1.15 bits per heavy atom. The number of piperidine rings is 1. The number of primary amides is 1. The van der Waals surface area contributed by atoms with Gasteiger partial charge in [0.05, 0.1) is 10.9 Å². The first kappa shape index (κ1) is 19.2. The second-order valence-electron chi connectivity index (χ2n) is 6.61. The van der Waals surface area contributed by atoms with Gasteiger partial charge in [-0.1, -0.05) is 29.5 Å². The largest absolute Gasteiger partial charge is 0.351 e. The zero-order valence-electron chi connectivity index (χ0n) is 15.5. The fourth-order valence-corrected chi connectivity index (χ4v) is 3.85. The van der Waals surface area contributed by atoms with Gasteiger partial charge in [0.1, 0.15) is 0 Å². The lowest BCUT2D eigenvalue weighted by Crippen LogP contribution is -2.39. The van der Waals surface area contributed by atoms with Crippen molar-refractivity contribution in [2.45, 2.75) is 43.5 Å². The molecule has 27 heavy (non-hydrogen) atoms. The molecule has 1 aromatic heterocycles. The second kappa shape index (κ2) is 8.43. The molecule has 1 aliphatic rings. The Hall–Kier alpha value is -2.55. The van der Waals surface area contributed by atoms with Crippen LogP contribution in [-0.2, 0) is 4.79 Å². The zero-order chi connectivity index (χ0) is 19.4. The highest BCUT2D eigenvalue weighted by atomic mass is 32.2. The van der Waals surface area contributed by atoms with Gasteiger partial charge in [-0.3, -0.25) is 14.7 Å². The number of nitrogens with zero attached hydrogens (tertiary/aromatic N) is 4. The molecule has 3 amide bonds. The van der Waals surface area contributed by atoms with Gasteiger partial charge in [0, 0.05) is 13.1 Å². The third-order valence-corrected chi connectivity index (χ3v) is 5.49. The summed E-state index contributed by atoms with van der Waals surface area (Å²) in [7, 11) is 0. The molecule has 8 nitrogen and oxygen atoms in total. The molecule has 3 N–H and O–H groups in total. The zero-order valence-corrected chi connectivity index (χ0v) is 16.3. The Balaban J connectivity index is 1.93. The van der Waals surface area contributed by atoms with Crippen LogP contribution in [0.2, 0.25) is 0 Å². The van der Waals surface area contributed by atoms with Crippen LogP contribution < -0.4 is 16.0 Å². The number of rotatable bonds is 5. The van der Waals surface area contributed by atoms with E-state index in [1.165, 1.54) is 18.2 Å². The number of carbonyl (C=O) groups is 2. The highest BCUT2D eigenvalue weighted by Gasteiger charge is 2.25. The normalized spacial score (nSPS) is 15.4. The number of nitrogens with one attached hydrogen (secondary N) is 1. The average Bonchev–Trinajstić information content (AvgIpc) is 3.06. The van der Waals surface area contributed by atoms with Crippen LogP contribution >= 0.6 is 11.8 Å². The van der Waals surface area contributed by atoms with Crippen LogP contribution in [-0.4, -0.2) is 45.0 Å². The SMILES string of the molecule is Cc1ccc(-n2c(S[C@@H](C)C(=O)NC(N)=O)nnc2N2CCCCC2)cc1. The molecular formula is C18H24N6O2S. The molecule has 0 aliphatic carbocycles. The van der Waals surface area contributed by atoms with Gasteiger partial charge in [-0.15, -0.1) is 10.2 Å². The standard InChI is InChI=1S/C18H24N6O2S/c1-12-6-8-14(9-7-12)24-17(23-10-4-3-5-11-23)21-22-18(24)27-13(2)15(25)20-16(19)26/h6-9,13H,3-5,10-11H2,1-2H3,(H3,19,20,25,26)/t13-/m0/s1. The van der Waals surface area contributed by atoms with Gasteiger partial charge in [-0.05, 0) is 45.2 Å². The van der Waals surface area contributed by atoms with Gasteiger partial charge >= 0.3 is 6.03 Å². The van der Waals surface area contributed by atoms with E-state index >= 15 is 0 Å². The number of nitrogens with two attached hydrogens (primary N) is 1. The number of aromatic nitrogens is 3. The predicted octanol–water partition coefficient (Wildman–Crippen LogP) is 2.24. The van der Waals surface area contributed by atoms with E-state index in [1.807, 2.05) is 35.8 Å². The number of urea groups is 1. The number of hydrogen-bond acceptors (Lipinski definition) is 6. The molecule has 2 heterocycles. The van der Waals surface area contributed by atoms with Gasteiger partial charge in [0.25, 0.3) is 0 Å². The van der Waals surface area contributed by atoms with E-state index in [9.17, 15) is 9.59 Å². The van der Waals surface area contributed by atoms with Crippen molar-refractivity contribution in [3.63, 3.8) is 0 Å². The molecule has 1 aromatic carbocycles. The fraction of sp³-hybridized carbons (Fsp3) is 0.444. The molecule has 9 heteroatoms. The van der Waals surface area contributed by atoms with Crippen molar-refractivity contribution in [3.8, 4) is 5.69 Å². The summed E-state index contributed by atoms with van der Waals surface area (Å²) in [5, 5.41) is 10.9. The van der Waals surface area contributed by atoms with Crippen LogP contribution in [0.15, 0.2) is 29.4 Å². The Morgan fingerprint density at radius 3 is 2.44 bits per heavy atom. The Morgan fingerprint density at radius 2 is 1.81 bits per heavy atom. The molecule has 0 spiro atoms. The summed E-state index contributed by atoms with van der Waals surface area (Å²) >= 11 is 1.25. The third-order valence-electron chi connectivity index (χ3n) is 4.45. The summed E-state index contributed by atoms with van der Waals surface area (Å²) in [4.78, 5) is 25.2. The first-order chi connectivity index (χ1) is 13.0. The van der Waals surface area contributed by atoms with Gasteiger partial charge in [0.15, 0.2) is 5.16 Å². The molecule has 1 saturated heterocycles. The fourth-order valence-electron chi connectivity index (χ4n) is 2.99. The molecule has 144 valence electrons. The summed E-state index contributed by atoms with van der Waals surface area (Å²) in [6.07, 6.45) is 3.47. The number of imide groups is 1. The number of hydrogen-bond donors (Lipinski definition) is 2. The third kappa shape index (κ3) is 4.60. The van der Waals surface area contributed by atoms with E-state index < -0.39 is 17.2 Å². The predicted molar refractivity (Wildman–Crippen MR) is 105 cm³/mol. The van der Waals surface area contributed by atoms with Crippen LogP contribution in [0.4, 0.5) is 10.7 Å². The van der Waals surface area contributed by atoms with E-state index in [0.717, 1.165) is 43.1 Å². The van der Waals surface area contributed by atoms with Crippen LogP contribution in [0.1, 0.15) is 31.7 Å². The van der Waals surface area contributed by atoms with Crippen molar-refractivity contribution in [2.24, 2.45) is 5.73 Å². The second-order valence-corrected chi connectivity index (χ2v) is 7.92. The van der Waals surface area contributed by atoms with Crippen LogP contribution in [0, 0.1) is 6.92 Å². The minimum atomic E-state index is -0.860. The summed E-state index contributed by atoms with van der Waals surface area (Å²) in [6, 6.07) is 7.25. The molecule has 2 aromatic rings. The van der Waals surface area contributed by atoms with E-state index in [4.69, 9.17) is 5.73 Å². The van der Waals surface area contributed by atoms with E-state index in [0.29, 0.717) is 5.16 Å². The molecule has 0 bridgehead atoms. The molecule has 1 atom stereocenters. The van der Waals surface area contributed by atoms with E-state index in [1.54, 1.807) is 6.92 Å². The van der Waals surface area contributed by atoms with E-state index in [-0.39, 0.29) is 0 Å². The monoisotopic (exact) mass is 388 g/mol. The molecule has 1 fully saturated rings. The molecule has 0 unspecified atom stereocenters. The maximum atomic E-state index is 12.1. The molecule has 0 saturated carbocycles. The van der Waals surface area contributed by atoms with Gasteiger partial charge in [-0.25, -0.2) is 4.79 Å². The van der Waals surface area contributed by atoms with Crippen molar-refractivity contribution in [1.29, 1.82) is 0 Å². The maximum Gasteiger partial charge on any atom is 0.318 e. The average molecular weight is 388 g/mol. The molecule has 1 aliphatic heterocycles. The highest BCUT2D eigenvalue weighted by molar-refractivity contribution is 8.00. The summed E-state index contributed by atoms with van der Waals surface area (Å²) < 4.78 is 1.98. The lowest BCUT2D eigenvalue weighted by Gasteiger charge is -2.28. The lowest BCUT2D eigenvalue weighted by molar-refractivity contribution is -0.119. The van der Waals surface area contributed by atoms with Crippen molar-refractivity contribution in [1.82, 2.24) is 20.1 Å². The Labute approximate surface area is 162 Å². The number of aryl methyl sites for hydroxylation is 1. The summed E-state index contributed by atoms with van der Waals surface area (Å²) in [5.41, 5.74) is 7.14. The smallest absolute Gasteiger partial charge is 0.318 e. The first-order valence-electron chi connectivity index (χ1n) is 9.00. The molecule has 0 radical (unpaired) electrons. The van der Waals surface area contributed by atoms with Crippen molar-refractivity contribution in [3.05, 3.63) is 29.8 Å². The summed E-state index contributed by atoms with van der Waals surface area (Å²) in [6.45, 7) is 5.61. The summed E-state index contributed by atoms with van der Waals surface area (Å²) in [5.74, 6) is 0.328. The Bertz CT molecular complexity index is 814. The number of thioether (sulfide) groups is 1. The number of amides is 3. The quantitative estimate of drug-likeness (QED) is 0.761. The van der Waals surface area contributed by atoms with Crippen molar-refractivity contribution < 1.29 is 9.59 Å². The lowest BCUT2D eigenvalue weighted by atomic mass is 10.1. The first-order valence-corrected chi connectivity index (χ1v) is 9.88. The van der Waals surface area contributed by atoms with Crippen molar-refractivity contribution >= 4 is 29.6 Å². The maximum absolute atomic E-state index is 12.1. The van der Waals surface area contributed by atoms with Gasteiger partial charge in [0.2, 0.25) is 11.9 Å².